The first-order valence-corrected chi connectivity index (χ1v) is 5.55. The van der Waals surface area contributed by atoms with Crippen LogP contribution < -0.4 is 15.4 Å². The molecule has 0 saturated carbocycles. The van der Waals surface area contributed by atoms with Crippen molar-refractivity contribution in [2.45, 2.75) is 26.3 Å². The van der Waals surface area contributed by atoms with E-state index in [1.165, 1.54) is 0 Å². The average Bonchev–Trinajstić information content (AvgIpc) is 2.31. The molecule has 0 aromatic heterocycles. The predicted molar refractivity (Wildman–Crippen MR) is 69.5 cm³/mol. The molecule has 2 N–H and O–H groups in total. The maximum Gasteiger partial charge on any atom is 0.244 e. The first-order valence-electron chi connectivity index (χ1n) is 5.55. The number of ether oxygens (including phenoxy) is 1. The van der Waals surface area contributed by atoms with Crippen LogP contribution >= 0.6 is 0 Å². The summed E-state index contributed by atoms with van der Waals surface area (Å²) in [5.41, 5.74) is 1.19. The van der Waals surface area contributed by atoms with Gasteiger partial charge in [-0.1, -0.05) is 0 Å². The van der Waals surface area contributed by atoms with Gasteiger partial charge in [0.2, 0.25) is 5.91 Å². The largest absolute Gasteiger partial charge is 0.497 e. The third-order valence-corrected chi connectivity index (χ3v) is 2.87. The van der Waals surface area contributed by atoms with Crippen LogP contribution in [0.4, 0.5) is 5.69 Å². The van der Waals surface area contributed by atoms with Gasteiger partial charge in [-0.05, 0) is 51.6 Å². The van der Waals surface area contributed by atoms with Gasteiger partial charge in [0.1, 0.15) is 5.75 Å². The van der Waals surface area contributed by atoms with Crippen molar-refractivity contribution in [2.75, 3.05) is 19.5 Å². The second-order valence-corrected chi connectivity index (χ2v) is 4.51. The highest BCUT2D eigenvalue weighted by Gasteiger charge is 2.25. The number of carbonyl (C=O) groups is 1. The number of anilines is 1. The Morgan fingerprint density at radius 1 is 1.35 bits per heavy atom. The number of aryl methyl sites for hydroxylation is 1. The molecule has 0 saturated heterocycles. The van der Waals surface area contributed by atoms with Crippen LogP contribution in [0.3, 0.4) is 0 Å². The summed E-state index contributed by atoms with van der Waals surface area (Å²) >= 11 is 0. The van der Waals surface area contributed by atoms with Gasteiger partial charge in [-0.3, -0.25) is 4.79 Å². The topological polar surface area (TPSA) is 50.4 Å². The van der Waals surface area contributed by atoms with E-state index in [9.17, 15) is 4.79 Å². The Bertz CT molecular complexity index is 414. The van der Waals surface area contributed by atoms with Gasteiger partial charge in [-0.2, -0.15) is 0 Å². The van der Waals surface area contributed by atoms with E-state index in [2.05, 4.69) is 10.6 Å². The van der Waals surface area contributed by atoms with E-state index in [-0.39, 0.29) is 5.91 Å². The number of rotatable bonds is 4. The lowest BCUT2D eigenvalue weighted by Crippen LogP contribution is -2.47. The van der Waals surface area contributed by atoms with E-state index >= 15 is 0 Å². The van der Waals surface area contributed by atoms with Crippen molar-refractivity contribution in [2.24, 2.45) is 0 Å². The van der Waals surface area contributed by atoms with Crippen LogP contribution in [0.15, 0.2) is 18.2 Å². The zero-order valence-corrected chi connectivity index (χ0v) is 11.0. The summed E-state index contributed by atoms with van der Waals surface area (Å²) in [6.07, 6.45) is 0. The molecule has 0 bridgehead atoms. The summed E-state index contributed by atoms with van der Waals surface area (Å²) < 4.78 is 5.12. The highest BCUT2D eigenvalue weighted by atomic mass is 16.5. The molecule has 0 aliphatic rings. The third kappa shape index (κ3) is 3.20. The summed E-state index contributed by atoms with van der Waals surface area (Å²) in [7, 11) is 3.39. The lowest BCUT2D eigenvalue weighted by molar-refractivity contribution is -0.121. The second kappa shape index (κ2) is 5.19. The van der Waals surface area contributed by atoms with Crippen molar-refractivity contribution in [3.63, 3.8) is 0 Å². The molecule has 0 atom stereocenters. The van der Waals surface area contributed by atoms with Crippen LogP contribution in [-0.2, 0) is 4.79 Å². The van der Waals surface area contributed by atoms with Crippen molar-refractivity contribution in [1.29, 1.82) is 0 Å². The van der Waals surface area contributed by atoms with Gasteiger partial charge in [-0.15, -0.1) is 0 Å². The number of hydrogen-bond donors (Lipinski definition) is 2. The molecule has 0 aliphatic heterocycles. The zero-order valence-electron chi connectivity index (χ0n) is 11.0. The fourth-order valence-corrected chi connectivity index (χ4v) is 1.30. The molecule has 1 amide bonds. The Labute approximate surface area is 102 Å². The minimum atomic E-state index is -0.591. The summed E-state index contributed by atoms with van der Waals surface area (Å²) in [5, 5.41) is 5.86. The van der Waals surface area contributed by atoms with Crippen LogP contribution in [0.5, 0.6) is 5.75 Å². The molecule has 94 valence electrons. The lowest BCUT2D eigenvalue weighted by Gasteiger charge is -2.23. The third-order valence-electron chi connectivity index (χ3n) is 2.87. The molecule has 0 radical (unpaired) electrons. The Morgan fingerprint density at radius 2 is 2.00 bits per heavy atom. The Balaban J connectivity index is 2.86. The second-order valence-electron chi connectivity index (χ2n) is 4.51. The molecule has 0 fully saturated rings. The number of hydrogen-bond acceptors (Lipinski definition) is 3. The molecular weight excluding hydrogens is 216 g/mol. The number of nitrogens with one attached hydrogen (secondary N) is 2. The maximum atomic E-state index is 12.0. The van der Waals surface area contributed by atoms with Crippen molar-refractivity contribution in [1.82, 2.24) is 5.32 Å². The quantitative estimate of drug-likeness (QED) is 0.840. The fraction of sp³-hybridized carbons (Fsp3) is 0.462. The number of likely N-dealkylation sites (N-methyl/N-ethyl adjacent to an activating group) is 1. The smallest absolute Gasteiger partial charge is 0.244 e. The summed E-state index contributed by atoms with van der Waals surface area (Å²) in [6.45, 7) is 5.60. The summed E-state index contributed by atoms with van der Waals surface area (Å²) in [6, 6.07) is 5.56. The van der Waals surface area contributed by atoms with Crippen LogP contribution in [0, 0.1) is 6.92 Å². The monoisotopic (exact) mass is 236 g/mol. The number of carbonyl (C=O) groups excluding carboxylic acids is 1. The van der Waals surface area contributed by atoms with Gasteiger partial charge >= 0.3 is 0 Å². The average molecular weight is 236 g/mol. The van der Waals surface area contributed by atoms with Gasteiger partial charge in [0.05, 0.1) is 12.6 Å². The van der Waals surface area contributed by atoms with Gasteiger partial charge in [0, 0.05) is 5.69 Å². The molecule has 1 rings (SSSR count). The molecule has 17 heavy (non-hydrogen) atoms. The maximum absolute atomic E-state index is 12.0. The first kappa shape index (κ1) is 13.5. The van der Waals surface area contributed by atoms with Crippen molar-refractivity contribution in [3.8, 4) is 5.75 Å². The lowest BCUT2D eigenvalue weighted by atomic mass is 10.0. The molecule has 4 nitrogen and oxygen atoms in total. The highest BCUT2D eigenvalue weighted by Crippen LogP contribution is 2.21. The van der Waals surface area contributed by atoms with Crippen molar-refractivity contribution < 1.29 is 9.53 Å². The van der Waals surface area contributed by atoms with Crippen LogP contribution in [0.1, 0.15) is 19.4 Å². The van der Waals surface area contributed by atoms with Gasteiger partial charge in [0.25, 0.3) is 0 Å². The summed E-state index contributed by atoms with van der Waals surface area (Å²) in [5.74, 6) is 0.724. The zero-order chi connectivity index (χ0) is 13.1. The molecular formula is C13H20N2O2. The molecule has 0 heterocycles. The molecule has 1 aromatic rings. The van der Waals surface area contributed by atoms with E-state index in [4.69, 9.17) is 4.74 Å². The van der Waals surface area contributed by atoms with Crippen LogP contribution in [0.2, 0.25) is 0 Å². The van der Waals surface area contributed by atoms with Crippen LogP contribution in [0.25, 0.3) is 0 Å². The Hall–Kier alpha value is -1.55. The van der Waals surface area contributed by atoms with E-state index < -0.39 is 5.54 Å². The highest BCUT2D eigenvalue weighted by molar-refractivity contribution is 5.98. The SMILES string of the molecule is CNC(C)(C)C(=O)Nc1ccc(OC)cc1C. The molecule has 0 spiro atoms. The molecule has 0 aliphatic carbocycles. The Morgan fingerprint density at radius 3 is 2.47 bits per heavy atom. The Kier molecular flexibility index (Phi) is 4.12. The molecule has 0 unspecified atom stereocenters. The van der Waals surface area contributed by atoms with Crippen molar-refractivity contribution in [3.05, 3.63) is 23.8 Å². The minimum Gasteiger partial charge on any atom is -0.497 e. The van der Waals surface area contributed by atoms with Gasteiger partial charge < -0.3 is 15.4 Å². The van der Waals surface area contributed by atoms with Gasteiger partial charge in [-0.25, -0.2) is 0 Å². The van der Waals surface area contributed by atoms with E-state index in [1.54, 1.807) is 14.2 Å². The van der Waals surface area contributed by atoms with Crippen molar-refractivity contribution >= 4 is 11.6 Å². The summed E-state index contributed by atoms with van der Waals surface area (Å²) in [4.78, 5) is 12.0. The first-order chi connectivity index (χ1) is 7.90. The molecule has 4 heteroatoms. The number of amides is 1. The standard InChI is InChI=1S/C13H20N2O2/c1-9-8-10(17-5)6-7-11(9)15-12(16)13(2,3)14-4/h6-8,14H,1-5H3,(H,15,16). The molecule has 1 aromatic carbocycles. The minimum absolute atomic E-state index is 0.0618. The normalized spacial score (nSPS) is 11.1. The van der Waals surface area contributed by atoms with E-state index in [0.29, 0.717) is 0 Å². The predicted octanol–water partition coefficient (Wildman–Crippen LogP) is 1.94. The fourth-order valence-electron chi connectivity index (χ4n) is 1.30. The van der Waals surface area contributed by atoms with E-state index in [1.807, 2.05) is 39.0 Å². The van der Waals surface area contributed by atoms with Crippen LogP contribution in [-0.4, -0.2) is 25.6 Å². The number of benzene rings is 1. The number of methoxy groups -OCH3 is 1. The van der Waals surface area contributed by atoms with E-state index in [0.717, 1.165) is 17.0 Å². The van der Waals surface area contributed by atoms with Gasteiger partial charge in [0.15, 0.2) is 0 Å².